The van der Waals surface area contributed by atoms with E-state index in [0.29, 0.717) is 6.10 Å². The van der Waals surface area contributed by atoms with Crippen LogP contribution in [0.15, 0.2) is 0 Å². The molecule has 0 radical (unpaired) electrons. The lowest BCUT2D eigenvalue weighted by atomic mass is 10.1. The number of ether oxygens (including phenoxy) is 2. The van der Waals surface area contributed by atoms with Crippen LogP contribution in [0.4, 0.5) is 0 Å². The van der Waals surface area contributed by atoms with Crippen molar-refractivity contribution in [2.45, 2.75) is 44.6 Å². The molecule has 0 spiro atoms. The fourth-order valence-electron chi connectivity index (χ4n) is 1.38. The zero-order chi connectivity index (χ0) is 10.1. The summed E-state index contributed by atoms with van der Waals surface area (Å²) in [4.78, 5) is 0. The Kier molecular flexibility index (Phi) is 7.74. The van der Waals surface area contributed by atoms with Gasteiger partial charge < -0.3 is 9.47 Å². The molecule has 1 aliphatic heterocycles. The minimum atomic E-state index is 0.425. The highest BCUT2D eigenvalue weighted by molar-refractivity contribution is 9.09. The van der Waals surface area contributed by atoms with Crippen LogP contribution in [0.1, 0.15) is 38.5 Å². The van der Waals surface area contributed by atoms with E-state index >= 15 is 0 Å². The monoisotopic (exact) mass is 264 g/mol. The third-order valence-corrected chi connectivity index (χ3v) is 2.94. The molecule has 1 saturated heterocycles. The van der Waals surface area contributed by atoms with Gasteiger partial charge in [-0.1, -0.05) is 41.6 Å². The molecule has 1 atom stereocenters. The summed E-state index contributed by atoms with van der Waals surface area (Å²) in [6, 6.07) is 0. The Hall–Kier alpha value is 0.400. The summed E-state index contributed by atoms with van der Waals surface area (Å²) in [5.41, 5.74) is 0. The maximum atomic E-state index is 5.45. The Balaban J connectivity index is 1.63. The Morgan fingerprint density at radius 1 is 1.07 bits per heavy atom. The Morgan fingerprint density at radius 2 is 1.71 bits per heavy atom. The molecule has 0 aromatic heterocycles. The average molecular weight is 265 g/mol. The van der Waals surface area contributed by atoms with Crippen LogP contribution in [-0.4, -0.2) is 31.3 Å². The van der Waals surface area contributed by atoms with E-state index in [4.69, 9.17) is 9.47 Å². The molecule has 84 valence electrons. The van der Waals surface area contributed by atoms with Crippen LogP contribution < -0.4 is 0 Å². The van der Waals surface area contributed by atoms with Crippen molar-refractivity contribution in [3.05, 3.63) is 0 Å². The van der Waals surface area contributed by atoms with Crippen molar-refractivity contribution in [1.29, 1.82) is 0 Å². The zero-order valence-electron chi connectivity index (χ0n) is 8.84. The second-order valence-corrected chi connectivity index (χ2v) is 4.63. The number of halogens is 1. The zero-order valence-corrected chi connectivity index (χ0v) is 10.4. The molecule has 1 aliphatic rings. The van der Waals surface area contributed by atoms with Crippen LogP contribution in [0.5, 0.6) is 0 Å². The summed E-state index contributed by atoms with van der Waals surface area (Å²) in [6.45, 7) is 2.63. The Bertz CT molecular complexity index is 126. The van der Waals surface area contributed by atoms with E-state index in [1.54, 1.807) is 0 Å². The summed E-state index contributed by atoms with van der Waals surface area (Å²) >= 11 is 3.44. The first-order chi connectivity index (χ1) is 6.93. The topological polar surface area (TPSA) is 21.8 Å². The molecule has 1 unspecified atom stereocenters. The lowest BCUT2D eigenvalue weighted by Gasteiger charge is -2.02. The fourth-order valence-corrected chi connectivity index (χ4v) is 1.78. The second-order valence-electron chi connectivity index (χ2n) is 3.84. The number of rotatable bonds is 10. The van der Waals surface area contributed by atoms with Crippen LogP contribution in [0.3, 0.4) is 0 Å². The van der Waals surface area contributed by atoms with Gasteiger partial charge in [-0.2, -0.15) is 0 Å². The summed E-state index contributed by atoms with van der Waals surface area (Å²) in [6.07, 6.45) is 8.36. The fraction of sp³-hybridized carbons (Fsp3) is 1.00. The second kappa shape index (κ2) is 8.69. The van der Waals surface area contributed by atoms with E-state index in [-0.39, 0.29) is 0 Å². The van der Waals surface area contributed by atoms with Gasteiger partial charge in [0.1, 0.15) is 6.10 Å². The predicted molar refractivity (Wildman–Crippen MR) is 62.1 cm³/mol. The van der Waals surface area contributed by atoms with Crippen molar-refractivity contribution in [3.63, 3.8) is 0 Å². The van der Waals surface area contributed by atoms with Gasteiger partial charge in [0.15, 0.2) is 0 Å². The number of hydrogen-bond acceptors (Lipinski definition) is 2. The molecule has 0 saturated carbocycles. The third-order valence-electron chi connectivity index (χ3n) is 2.38. The lowest BCUT2D eigenvalue weighted by molar-refractivity contribution is 0.113. The van der Waals surface area contributed by atoms with Crippen molar-refractivity contribution >= 4 is 15.9 Å². The molecular formula is C11H21BrO2. The van der Waals surface area contributed by atoms with E-state index in [1.807, 2.05) is 0 Å². The molecule has 1 rings (SSSR count). The quantitative estimate of drug-likeness (QED) is 0.344. The smallest absolute Gasteiger partial charge is 0.104 e. The lowest BCUT2D eigenvalue weighted by Crippen LogP contribution is -2.02. The van der Waals surface area contributed by atoms with Gasteiger partial charge >= 0.3 is 0 Å². The first-order valence-corrected chi connectivity index (χ1v) is 6.81. The van der Waals surface area contributed by atoms with Crippen LogP contribution >= 0.6 is 15.9 Å². The van der Waals surface area contributed by atoms with Crippen LogP contribution in [0.25, 0.3) is 0 Å². The molecule has 2 nitrogen and oxygen atoms in total. The van der Waals surface area contributed by atoms with Crippen LogP contribution in [-0.2, 0) is 9.47 Å². The SMILES string of the molecule is BrCCCCCCCCOCC1CO1. The molecule has 0 aliphatic carbocycles. The van der Waals surface area contributed by atoms with Gasteiger partial charge in [0.2, 0.25) is 0 Å². The number of alkyl halides is 1. The highest BCUT2D eigenvalue weighted by Crippen LogP contribution is 2.10. The van der Waals surface area contributed by atoms with Crippen molar-refractivity contribution in [2.24, 2.45) is 0 Å². The highest BCUT2D eigenvalue weighted by Gasteiger charge is 2.21. The highest BCUT2D eigenvalue weighted by atomic mass is 79.9. The van der Waals surface area contributed by atoms with Gasteiger partial charge in [0, 0.05) is 11.9 Å². The predicted octanol–water partition coefficient (Wildman–Crippen LogP) is 3.14. The Morgan fingerprint density at radius 3 is 2.36 bits per heavy atom. The van der Waals surface area contributed by atoms with Gasteiger partial charge in [-0.3, -0.25) is 0 Å². The van der Waals surface area contributed by atoms with Gasteiger partial charge in [0.05, 0.1) is 13.2 Å². The summed E-state index contributed by atoms with van der Waals surface area (Å²) in [5.74, 6) is 0. The van der Waals surface area contributed by atoms with Gasteiger partial charge in [-0.15, -0.1) is 0 Å². The maximum absolute atomic E-state index is 5.45. The molecule has 0 N–H and O–H groups in total. The molecule has 0 aromatic rings. The maximum Gasteiger partial charge on any atom is 0.104 e. The van der Waals surface area contributed by atoms with Crippen molar-refractivity contribution in [3.8, 4) is 0 Å². The average Bonchev–Trinajstić information content (AvgIpc) is 2.99. The van der Waals surface area contributed by atoms with Crippen molar-refractivity contribution < 1.29 is 9.47 Å². The van der Waals surface area contributed by atoms with Gasteiger partial charge in [-0.05, 0) is 12.8 Å². The molecule has 3 heteroatoms. The minimum absolute atomic E-state index is 0.425. The normalized spacial score (nSPS) is 19.9. The summed E-state index contributed by atoms with van der Waals surface area (Å²) in [5, 5.41) is 1.15. The number of hydrogen-bond donors (Lipinski definition) is 0. The number of unbranched alkanes of at least 4 members (excludes halogenated alkanes) is 5. The first-order valence-electron chi connectivity index (χ1n) is 5.69. The minimum Gasteiger partial charge on any atom is -0.379 e. The van der Waals surface area contributed by atoms with E-state index in [0.717, 1.165) is 25.2 Å². The largest absolute Gasteiger partial charge is 0.379 e. The molecule has 0 aromatic carbocycles. The molecule has 14 heavy (non-hydrogen) atoms. The molecular weight excluding hydrogens is 244 g/mol. The summed E-state index contributed by atoms with van der Waals surface area (Å²) in [7, 11) is 0. The van der Waals surface area contributed by atoms with Gasteiger partial charge in [-0.25, -0.2) is 0 Å². The van der Waals surface area contributed by atoms with Gasteiger partial charge in [0.25, 0.3) is 0 Å². The third kappa shape index (κ3) is 7.77. The van der Waals surface area contributed by atoms with Crippen LogP contribution in [0.2, 0.25) is 0 Å². The van der Waals surface area contributed by atoms with Crippen molar-refractivity contribution in [2.75, 3.05) is 25.2 Å². The summed E-state index contributed by atoms with van der Waals surface area (Å²) < 4.78 is 10.5. The molecule has 0 bridgehead atoms. The number of epoxide rings is 1. The van der Waals surface area contributed by atoms with E-state index in [9.17, 15) is 0 Å². The van der Waals surface area contributed by atoms with E-state index in [2.05, 4.69) is 15.9 Å². The molecule has 1 fully saturated rings. The van der Waals surface area contributed by atoms with E-state index in [1.165, 1.54) is 38.5 Å². The van der Waals surface area contributed by atoms with Crippen LogP contribution in [0, 0.1) is 0 Å². The first kappa shape index (κ1) is 12.5. The van der Waals surface area contributed by atoms with E-state index < -0.39 is 0 Å². The standard InChI is InChI=1S/C11H21BrO2/c12-7-5-3-1-2-4-6-8-13-9-11-10-14-11/h11H,1-10H2. The Labute approximate surface area is 95.5 Å². The van der Waals surface area contributed by atoms with Crippen molar-refractivity contribution in [1.82, 2.24) is 0 Å². The molecule has 1 heterocycles. The molecule has 0 amide bonds.